The molecule has 3 rings (SSSR count). The van der Waals surface area contributed by atoms with Crippen LogP contribution in [0, 0.1) is 11.2 Å². The number of anilines is 1. The predicted octanol–water partition coefficient (Wildman–Crippen LogP) is 2.51. The summed E-state index contributed by atoms with van der Waals surface area (Å²) in [6.45, 7) is 0. The number of benzene rings is 1. The first-order chi connectivity index (χ1) is 9.20. The van der Waals surface area contributed by atoms with Gasteiger partial charge < -0.3 is 5.32 Å². The molecule has 2 aromatic rings. The second kappa shape index (κ2) is 4.50. The van der Waals surface area contributed by atoms with Gasteiger partial charge in [-0.1, -0.05) is 18.2 Å². The average Bonchev–Trinajstić information content (AvgIpc) is 3.01. The zero-order chi connectivity index (χ0) is 13.3. The average molecular weight is 259 g/mol. The molecule has 0 bridgehead atoms. The highest BCUT2D eigenvalue weighted by molar-refractivity contribution is 5.96. The molecule has 19 heavy (non-hydrogen) atoms. The lowest BCUT2D eigenvalue weighted by Crippen LogP contribution is -2.26. The van der Waals surface area contributed by atoms with Crippen LogP contribution >= 0.6 is 0 Å². The Balaban J connectivity index is 1.73. The van der Waals surface area contributed by atoms with E-state index in [0.717, 1.165) is 12.8 Å². The number of carbonyl (C=O) groups excluding carboxylic acids is 1. The van der Waals surface area contributed by atoms with E-state index >= 15 is 0 Å². The third-order valence-corrected chi connectivity index (χ3v) is 3.57. The maximum atomic E-state index is 13.6. The summed E-state index contributed by atoms with van der Waals surface area (Å²) >= 11 is 0. The zero-order valence-electron chi connectivity index (χ0n) is 10.3. The number of H-pyrrole nitrogens is 1. The van der Waals surface area contributed by atoms with Crippen LogP contribution in [0.4, 0.5) is 10.2 Å². The second-order valence-corrected chi connectivity index (χ2v) is 4.97. The van der Waals surface area contributed by atoms with Gasteiger partial charge in [0, 0.05) is 6.07 Å². The van der Waals surface area contributed by atoms with Gasteiger partial charge in [-0.2, -0.15) is 5.10 Å². The molecule has 1 heterocycles. The van der Waals surface area contributed by atoms with Gasteiger partial charge in [-0.15, -0.1) is 0 Å². The van der Waals surface area contributed by atoms with Gasteiger partial charge in [0.25, 0.3) is 0 Å². The highest BCUT2D eigenvalue weighted by Crippen LogP contribution is 2.49. The van der Waals surface area contributed by atoms with E-state index in [1.165, 1.54) is 6.07 Å². The molecule has 1 saturated carbocycles. The van der Waals surface area contributed by atoms with E-state index in [0.29, 0.717) is 17.8 Å². The Bertz CT molecular complexity index is 590. The van der Waals surface area contributed by atoms with Gasteiger partial charge in [-0.3, -0.25) is 9.89 Å². The van der Waals surface area contributed by atoms with Crippen molar-refractivity contribution in [3.8, 4) is 0 Å². The van der Waals surface area contributed by atoms with Crippen molar-refractivity contribution in [3.05, 3.63) is 47.9 Å². The smallest absolute Gasteiger partial charge is 0.232 e. The first kappa shape index (κ1) is 11.9. The lowest BCUT2D eigenvalue weighted by molar-refractivity contribution is -0.121. The molecule has 5 heteroatoms. The van der Waals surface area contributed by atoms with Gasteiger partial charge in [-0.25, -0.2) is 4.39 Å². The molecule has 98 valence electrons. The monoisotopic (exact) mass is 259 g/mol. The SMILES string of the molecule is O=C(Nc1ccn[nH]1)C1(Cc2ccccc2F)CC1. The second-order valence-electron chi connectivity index (χ2n) is 4.97. The van der Waals surface area contributed by atoms with Crippen LogP contribution in [0.2, 0.25) is 0 Å². The van der Waals surface area contributed by atoms with E-state index in [4.69, 9.17) is 0 Å². The Labute approximate surface area is 110 Å². The minimum Gasteiger partial charge on any atom is -0.311 e. The van der Waals surface area contributed by atoms with E-state index < -0.39 is 5.41 Å². The van der Waals surface area contributed by atoms with E-state index in [1.807, 2.05) is 0 Å². The van der Waals surface area contributed by atoms with Crippen LogP contribution in [0.25, 0.3) is 0 Å². The summed E-state index contributed by atoms with van der Waals surface area (Å²) in [6.07, 6.45) is 3.61. The van der Waals surface area contributed by atoms with Gasteiger partial charge in [-0.05, 0) is 30.9 Å². The first-order valence-electron chi connectivity index (χ1n) is 6.24. The largest absolute Gasteiger partial charge is 0.311 e. The molecular formula is C14H14FN3O. The van der Waals surface area contributed by atoms with Crippen molar-refractivity contribution in [2.24, 2.45) is 5.41 Å². The third-order valence-electron chi connectivity index (χ3n) is 3.57. The van der Waals surface area contributed by atoms with Gasteiger partial charge in [0.15, 0.2) is 0 Å². The van der Waals surface area contributed by atoms with Crippen LogP contribution in [-0.2, 0) is 11.2 Å². The van der Waals surface area contributed by atoms with Crippen molar-refractivity contribution in [2.75, 3.05) is 5.32 Å². The first-order valence-corrected chi connectivity index (χ1v) is 6.24. The van der Waals surface area contributed by atoms with Crippen molar-refractivity contribution in [1.82, 2.24) is 10.2 Å². The number of aromatic nitrogens is 2. The molecule has 1 aromatic carbocycles. The summed E-state index contributed by atoms with van der Waals surface area (Å²) in [7, 11) is 0. The quantitative estimate of drug-likeness (QED) is 0.886. The summed E-state index contributed by atoms with van der Waals surface area (Å²) < 4.78 is 13.6. The lowest BCUT2D eigenvalue weighted by Gasteiger charge is -2.14. The Morgan fingerprint density at radius 3 is 2.79 bits per heavy atom. The number of nitrogens with one attached hydrogen (secondary N) is 2. The standard InChI is InChI=1S/C14H14FN3O/c15-11-4-2-1-3-10(11)9-14(6-7-14)13(19)17-12-5-8-16-18-12/h1-5,8H,6-7,9H2,(H2,16,17,18,19). The van der Waals surface area contributed by atoms with Gasteiger partial charge in [0.05, 0.1) is 11.6 Å². The Morgan fingerprint density at radius 1 is 1.37 bits per heavy atom. The molecule has 2 N–H and O–H groups in total. The molecule has 0 unspecified atom stereocenters. The molecule has 0 radical (unpaired) electrons. The van der Waals surface area contributed by atoms with Crippen molar-refractivity contribution < 1.29 is 9.18 Å². The summed E-state index contributed by atoms with van der Waals surface area (Å²) in [5.74, 6) is 0.257. The predicted molar refractivity (Wildman–Crippen MR) is 69.0 cm³/mol. The van der Waals surface area contributed by atoms with E-state index in [1.54, 1.807) is 30.5 Å². The molecule has 0 atom stereocenters. The fourth-order valence-electron chi connectivity index (χ4n) is 2.22. The van der Waals surface area contributed by atoms with Crippen LogP contribution in [0.15, 0.2) is 36.5 Å². The maximum Gasteiger partial charge on any atom is 0.232 e. The summed E-state index contributed by atoms with van der Waals surface area (Å²) in [5, 5.41) is 9.25. The van der Waals surface area contributed by atoms with E-state index in [2.05, 4.69) is 15.5 Å². The number of nitrogens with zero attached hydrogens (tertiary/aromatic N) is 1. The number of amides is 1. The number of hydrogen-bond donors (Lipinski definition) is 2. The third kappa shape index (κ3) is 2.36. The minimum absolute atomic E-state index is 0.0694. The van der Waals surface area contributed by atoms with Crippen LogP contribution in [0.3, 0.4) is 0 Å². The molecule has 0 saturated heterocycles. The van der Waals surface area contributed by atoms with Gasteiger partial charge in [0.1, 0.15) is 11.6 Å². The number of carbonyl (C=O) groups is 1. The molecule has 0 spiro atoms. The number of rotatable bonds is 4. The van der Waals surface area contributed by atoms with Crippen LogP contribution in [0.1, 0.15) is 18.4 Å². The van der Waals surface area contributed by atoms with Crippen molar-refractivity contribution >= 4 is 11.7 Å². The molecule has 1 amide bonds. The van der Waals surface area contributed by atoms with Crippen LogP contribution in [0.5, 0.6) is 0 Å². The Morgan fingerprint density at radius 2 is 2.16 bits per heavy atom. The van der Waals surface area contributed by atoms with E-state index in [9.17, 15) is 9.18 Å². The van der Waals surface area contributed by atoms with E-state index in [-0.39, 0.29) is 11.7 Å². The maximum absolute atomic E-state index is 13.6. The molecular weight excluding hydrogens is 245 g/mol. The number of halogens is 1. The topological polar surface area (TPSA) is 57.8 Å². The van der Waals surface area contributed by atoms with Crippen LogP contribution in [-0.4, -0.2) is 16.1 Å². The molecule has 1 fully saturated rings. The van der Waals surface area contributed by atoms with Crippen molar-refractivity contribution in [1.29, 1.82) is 0 Å². The molecule has 1 aliphatic rings. The van der Waals surface area contributed by atoms with Crippen molar-refractivity contribution in [2.45, 2.75) is 19.3 Å². The summed E-state index contributed by atoms with van der Waals surface area (Å²) in [6, 6.07) is 8.30. The van der Waals surface area contributed by atoms with Gasteiger partial charge in [0.2, 0.25) is 5.91 Å². The highest BCUT2D eigenvalue weighted by Gasteiger charge is 2.50. The molecule has 0 aliphatic heterocycles. The number of hydrogen-bond acceptors (Lipinski definition) is 2. The van der Waals surface area contributed by atoms with Crippen LogP contribution < -0.4 is 5.32 Å². The van der Waals surface area contributed by atoms with Gasteiger partial charge >= 0.3 is 0 Å². The van der Waals surface area contributed by atoms with Crippen molar-refractivity contribution in [3.63, 3.8) is 0 Å². The number of aromatic amines is 1. The zero-order valence-corrected chi connectivity index (χ0v) is 10.3. The Hall–Kier alpha value is -2.17. The Kier molecular flexibility index (Phi) is 2.81. The normalized spacial score (nSPS) is 16.1. The lowest BCUT2D eigenvalue weighted by atomic mass is 9.95. The summed E-state index contributed by atoms with van der Waals surface area (Å²) in [5.41, 5.74) is 0.132. The fourth-order valence-corrected chi connectivity index (χ4v) is 2.22. The fraction of sp³-hybridized carbons (Fsp3) is 0.286. The summed E-state index contributed by atoms with van der Waals surface area (Å²) in [4.78, 5) is 12.2. The molecule has 4 nitrogen and oxygen atoms in total. The molecule has 1 aliphatic carbocycles. The highest BCUT2D eigenvalue weighted by atomic mass is 19.1. The molecule has 1 aromatic heterocycles. The minimum atomic E-state index is -0.465.